The van der Waals surface area contributed by atoms with Crippen LogP contribution in [0.25, 0.3) is 0 Å². The second-order valence-electron chi connectivity index (χ2n) is 7.05. The number of ketones is 1. The highest BCUT2D eigenvalue weighted by atomic mass is 32.2. The summed E-state index contributed by atoms with van der Waals surface area (Å²) in [6, 6.07) is 8.13. The van der Waals surface area contributed by atoms with Crippen molar-refractivity contribution < 1.29 is 22.7 Å². The van der Waals surface area contributed by atoms with Crippen LogP contribution in [0.4, 0.5) is 0 Å². The van der Waals surface area contributed by atoms with Crippen molar-refractivity contribution in [2.75, 3.05) is 13.7 Å². The molecule has 0 aliphatic rings. The number of aryl methyl sites for hydroxylation is 2. The van der Waals surface area contributed by atoms with Crippen molar-refractivity contribution >= 4 is 21.8 Å². The van der Waals surface area contributed by atoms with Gasteiger partial charge in [0.05, 0.1) is 4.90 Å². The molecule has 0 spiro atoms. The zero-order chi connectivity index (χ0) is 21.8. The fraction of sp³-hybridized carbons (Fsp3) is 0.364. The zero-order valence-electron chi connectivity index (χ0n) is 17.5. The number of rotatable bonds is 8. The molecule has 29 heavy (non-hydrogen) atoms. The van der Waals surface area contributed by atoms with E-state index in [1.165, 1.54) is 19.2 Å². The highest BCUT2D eigenvalue weighted by molar-refractivity contribution is 7.89. The van der Waals surface area contributed by atoms with E-state index in [4.69, 9.17) is 4.74 Å². The molecule has 2 aromatic carbocycles. The first-order valence-electron chi connectivity index (χ1n) is 9.35. The third-order valence-corrected chi connectivity index (χ3v) is 6.70. The number of esters is 1. The number of benzene rings is 2. The minimum atomic E-state index is -3.48. The van der Waals surface area contributed by atoms with Crippen LogP contribution < -0.4 is 4.72 Å². The standard InChI is InChI=1S/C22H27NO5S/c1-14-12-20(17(4)16(3)15(14)2)21(24)13-28-22(25)11-8-18-6-9-19(10-7-18)29(26,27)23-5/h6-7,9-10,12,23H,8,11,13H2,1-5H3. The minimum absolute atomic E-state index is 0.107. The Labute approximate surface area is 172 Å². The van der Waals surface area contributed by atoms with E-state index < -0.39 is 16.0 Å². The average Bonchev–Trinajstić information content (AvgIpc) is 2.71. The summed E-state index contributed by atoms with van der Waals surface area (Å²) in [4.78, 5) is 24.7. The minimum Gasteiger partial charge on any atom is -0.457 e. The molecule has 156 valence electrons. The molecular formula is C22H27NO5S. The van der Waals surface area contributed by atoms with Crippen molar-refractivity contribution in [3.63, 3.8) is 0 Å². The maximum Gasteiger partial charge on any atom is 0.306 e. The first kappa shape index (κ1) is 22.8. The molecule has 0 saturated heterocycles. The molecule has 0 aromatic heterocycles. The Morgan fingerprint density at radius 3 is 2.17 bits per heavy atom. The molecule has 1 N–H and O–H groups in total. The average molecular weight is 418 g/mol. The van der Waals surface area contributed by atoms with Crippen LogP contribution in [0.15, 0.2) is 35.2 Å². The van der Waals surface area contributed by atoms with Gasteiger partial charge in [-0.3, -0.25) is 9.59 Å². The number of ether oxygens (including phenoxy) is 1. The summed E-state index contributed by atoms with van der Waals surface area (Å²) in [7, 11) is -2.13. The van der Waals surface area contributed by atoms with E-state index in [1.807, 2.05) is 33.8 Å². The molecule has 0 aliphatic heterocycles. The topological polar surface area (TPSA) is 89.5 Å². The van der Waals surface area contributed by atoms with Gasteiger partial charge >= 0.3 is 5.97 Å². The largest absolute Gasteiger partial charge is 0.457 e. The van der Waals surface area contributed by atoms with E-state index in [0.29, 0.717) is 12.0 Å². The van der Waals surface area contributed by atoms with Gasteiger partial charge in [0.15, 0.2) is 6.61 Å². The number of carbonyl (C=O) groups is 2. The van der Waals surface area contributed by atoms with Gasteiger partial charge in [-0.05, 0) is 87.2 Å². The summed E-state index contributed by atoms with van der Waals surface area (Å²) in [5.41, 5.74) is 5.56. The number of carbonyl (C=O) groups excluding carboxylic acids is 2. The predicted molar refractivity (Wildman–Crippen MR) is 112 cm³/mol. The van der Waals surface area contributed by atoms with E-state index >= 15 is 0 Å². The van der Waals surface area contributed by atoms with E-state index in [1.54, 1.807) is 12.1 Å². The van der Waals surface area contributed by atoms with Gasteiger partial charge in [0.25, 0.3) is 0 Å². The van der Waals surface area contributed by atoms with Crippen LogP contribution in [0.5, 0.6) is 0 Å². The lowest BCUT2D eigenvalue weighted by atomic mass is 9.93. The molecule has 2 aromatic rings. The van der Waals surface area contributed by atoms with Crippen LogP contribution in [-0.2, 0) is 26.0 Å². The van der Waals surface area contributed by atoms with Crippen molar-refractivity contribution in [3.05, 3.63) is 63.7 Å². The maximum absolute atomic E-state index is 12.5. The van der Waals surface area contributed by atoms with Crippen molar-refractivity contribution in [1.29, 1.82) is 0 Å². The Balaban J connectivity index is 1.91. The fourth-order valence-corrected chi connectivity index (χ4v) is 3.73. The van der Waals surface area contributed by atoms with Gasteiger partial charge in [-0.1, -0.05) is 12.1 Å². The summed E-state index contributed by atoms with van der Waals surface area (Å²) in [6.07, 6.45) is 0.505. The number of hydrogen-bond donors (Lipinski definition) is 1. The Morgan fingerprint density at radius 1 is 0.966 bits per heavy atom. The van der Waals surface area contributed by atoms with Gasteiger partial charge in [-0.2, -0.15) is 0 Å². The Kier molecular flexibility index (Phi) is 7.32. The van der Waals surface area contributed by atoms with E-state index in [-0.39, 0.29) is 23.7 Å². The Morgan fingerprint density at radius 2 is 1.59 bits per heavy atom. The molecule has 0 bridgehead atoms. The van der Waals surface area contributed by atoms with E-state index in [0.717, 1.165) is 27.8 Å². The molecule has 0 fully saturated rings. The van der Waals surface area contributed by atoms with E-state index in [9.17, 15) is 18.0 Å². The molecule has 0 radical (unpaired) electrons. The third kappa shape index (κ3) is 5.52. The van der Waals surface area contributed by atoms with Gasteiger partial charge in [0, 0.05) is 12.0 Å². The number of sulfonamides is 1. The smallest absolute Gasteiger partial charge is 0.306 e. The molecule has 0 amide bonds. The van der Waals surface area contributed by atoms with Crippen LogP contribution in [-0.4, -0.2) is 33.8 Å². The molecular weight excluding hydrogens is 390 g/mol. The monoisotopic (exact) mass is 417 g/mol. The summed E-state index contributed by atoms with van der Waals surface area (Å²) in [5, 5.41) is 0. The summed E-state index contributed by atoms with van der Waals surface area (Å²) in [6.45, 7) is 7.56. The molecule has 6 nitrogen and oxygen atoms in total. The number of hydrogen-bond acceptors (Lipinski definition) is 5. The van der Waals surface area contributed by atoms with Crippen LogP contribution in [0.3, 0.4) is 0 Å². The normalized spacial score (nSPS) is 11.3. The summed E-state index contributed by atoms with van der Waals surface area (Å²) < 4.78 is 30.8. The predicted octanol–water partition coefficient (Wildman–Crippen LogP) is 3.19. The zero-order valence-corrected chi connectivity index (χ0v) is 18.3. The second kappa shape index (κ2) is 9.33. The van der Waals surface area contributed by atoms with Gasteiger partial charge in [-0.25, -0.2) is 13.1 Å². The number of nitrogens with one attached hydrogen (secondary N) is 1. The molecule has 0 saturated carbocycles. The van der Waals surface area contributed by atoms with Gasteiger partial charge in [-0.15, -0.1) is 0 Å². The molecule has 0 heterocycles. The van der Waals surface area contributed by atoms with Gasteiger partial charge < -0.3 is 4.74 Å². The van der Waals surface area contributed by atoms with Crippen molar-refractivity contribution in [3.8, 4) is 0 Å². The van der Waals surface area contributed by atoms with Crippen molar-refractivity contribution in [1.82, 2.24) is 4.72 Å². The fourth-order valence-electron chi connectivity index (χ4n) is 3.00. The van der Waals surface area contributed by atoms with Crippen molar-refractivity contribution in [2.45, 2.75) is 45.4 Å². The van der Waals surface area contributed by atoms with Crippen LogP contribution >= 0.6 is 0 Å². The van der Waals surface area contributed by atoms with Gasteiger partial charge in [0.2, 0.25) is 15.8 Å². The Bertz CT molecular complexity index is 1020. The molecule has 0 aliphatic carbocycles. The number of Topliss-reactive ketones (excluding diaryl/α,β-unsaturated/α-hetero) is 1. The highest BCUT2D eigenvalue weighted by Gasteiger charge is 2.16. The maximum atomic E-state index is 12.5. The summed E-state index contributed by atoms with van der Waals surface area (Å²) in [5.74, 6) is -0.688. The first-order valence-corrected chi connectivity index (χ1v) is 10.8. The van der Waals surface area contributed by atoms with Crippen molar-refractivity contribution in [2.24, 2.45) is 0 Å². The van der Waals surface area contributed by atoms with Gasteiger partial charge in [0.1, 0.15) is 0 Å². The van der Waals surface area contributed by atoms with E-state index in [2.05, 4.69) is 4.72 Å². The molecule has 0 unspecified atom stereocenters. The third-order valence-electron chi connectivity index (χ3n) is 5.27. The first-order chi connectivity index (χ1) is 13.6. The summed E-state index contributed by atoms with van der Waals surface area (Å²) >= 11 is 0. The molecule has 0 atom stereocenters. The highest BCUT2D eigenvalue weighted by Crippen LogP contribution is 2.21. The molecule has 2 rings (SSSR count). The Hall–Kier alpha value is -2.51. The van der Waals surface area contributed by atoms with Crippen LogP contribution in [0.1, 0.15) is 44.6 Å². The lowest BCUT2D eigenvalue weighted by molar-refractivity contribution is -0.142. The quantitative estimate of drug-likeness (QED) is 0.526. The second-order valence-corrected chi connectivity index (χ2v) is 8.94. The van der Waals surface area contributed by atoms with Crippen LogP contribution in [0, 0.1) is 27.7 Å². The molecule has 7 heteroatoms. The lowest BCUT2D eigenvalue weighted by Crippen LogP contribution is -2.18. The lowest BCUT2D eigenvalue weighted by Gasteiger charge is -2.13. The SMILES string of the molecule is CNS(=O)(=O)c1ccc(CCC(=O)OCC(=O)c2cc(C)c(C)c(C)c2C)cc1. The van der Waals surface area contributed by atoms with Crippen LogP contribution in [0.2, 0.25) is 0 Å².